The Balaban J connectivity index is 2.09. The van der Waals surface area contributed by atoms with Crippen LogP contribution in [0.5, 0.6) is 5.75 Å². The number of alkyl halides is 1. The summed E-state index contributed by atoms with van der Waals surface area (Å²) in [5, 5.41) is 0.501. The first-order chi connectivity index (χ1) is 9.70. The number of benzene rings is 2. The molecule has 0 saturated carbocycles. The van der Waals surface area contributed by atoms with Crippen molar-refractivity contribution in [1.29, 1.82) is 0 Å². The van der Waals surface area contributed by atoms with Crippen molar-refractivity contribution < 1.29 is 4.74 Å². The van der Waals surface area contributed by atoms with E-state index < -0.39 is 0 Å². The molecule has 1 aliphatic rings. The second-order valence-electron chi connectivity index (χ2n) is 5.00. The zero-order chi connectivity index (χ0) is 14.1. The second kappa shape index (κ2) is 5.67. The molecule has 3 heteroatoms. The normalized spacial score (nSPS) is 14.8. The number of hydrogen-bond donors (Lipinski definition) is 0. The smallest absolute Gasteiger partial charge is 0.127 e. The third-order valence-corrected chi connectivity index (χ3v) is 4.45. The summed E-state index contributed by atoms with van der Waals surface area (Å²) in [5.74, 6) is 0.917. The highest BCUT2D eigenvalue weighted by atomic mass is 35.5. The van der Waals surface area contributed by atoms with Gasteiger partial charge in [-0.1, -0.05) is 42.8 Å². The third-order valence-electron chi connectivity index (χ3n) is 3.76. The van der Waals surface area contributed by atoms with E-state index in [9.17, 15) is 0 Å². The van der Waals surface area contributed by atoms with Gasteiger partial charge in [0.25, 0.3) is 0 Å². The molecule has 0 saturated heterocycles. The summed E-state index contributed by atoms with van der Waals surface area (Å²) >= 11 is 13.0. The van der Waals surface area contributed by atoms with Gasteiger partial charge in [0, 0.05) is 17.0 Å². The zero-order valence-corrected chi connectivity index (χ0v) is 12.8. The molecule has 1 nitrogen and oxygen atoms in total. The average molecular weight is 307 g/mol. The van der Waals surface area contributed by atoms with E-state index in [-0.39, 0.29) is 5.38 Å². The highest BCUT2D eigenvalue weighted by Crippen LogP contribution is 2.42. The molecule has 0 spiro atoms. The van der Waals surface area contributed by atoms with Gasteiger partial charge in [0.05, 0.1) is 12.0 Å². The highest BCUT2D eigenvalue weighted by Gasteiger charge is 2.24. The number of rotatable bonds is 3. The van der Waals surface area contributed by atoms with Crippen molar-refractivity contribution in [1.82, 2.24) is 0 Å². The number of fused-ring (bicyclic) bond motifs is 1. The van der Waals surface area contributed by atoms with Gasteiger partial charge in [-0.25, -0.2) is 0 Å². The molecule has 0 fully saturated rings. The Labute approximate surface area is 129 Å². The quantitative estimate of drug-likeness (QED) is 0.711. The Kier molecular flexibility index (Phi) is 3.91. The maximum Gasteiger partial charge on any atom is 0.127 e. The first-order valence-corrected chi connectivity index (χ1v) is 7.69. The lowest BCUT2D eigenvalue weighted by atomic mass is 9.96. The SMILES string of the molecule is CCc1ccccc1C(Cl)c1cc(Cl)cc2c1OCC2. The molecule has 1 aliphatic heterocycles. The van der Waals surface area contributed by atoms with E-state index in [0.29, 0.717) is 6.61 Å². The molecule has 0 bridgehead atoms. The molecule has 20 heavy (non-hydrogen) atoms. The lowest BCUT2D eigenvalue weighted by Gasteiger charge is -2.17. The van der Waals surface area contributed by atoms with Crippen molar-refractivity contribution in [2.45, 2.75) is 25.1 Å². The van der Waals surface area contributed by atoms with Gasteiger partial charge in [-0.2, -0.15) is 0 Å². The summed E-state index contributed by atoms with van der Waals surface area (Å²) in [6.07, 6.45) is 1.87. The van der Waals surface area contributed by atoms with Crippen molar-refractivity contribution in [3.63, 3.8) is 0 Å². The first kappa shape index (κ1) is 13.8. The summed E-state index contributed by atoms with van der Waals surface area (Å²) < 4.78 is 5.76. The van der Waals surface area contributed by atoms with E-state index in [2.05, 4.69) is 19.1 Å². The molecule has 0 aromatic heterocycles. The minimum absolute atomic E-state index is 0.225. The van der Waals surface area contributed by atoms with Gasteiger partial charge in [-0.3, -0.25) is 0 Å². The van der Waals surface area contributed by atoms with Crippen LogP contribution in [0.2, 0.25) is 5.02 Å². The summed E-state index contributed by atoms with van der Waals surface area (Å²) in [4.78, 5) is 0. The molecule has 104 valence electrons. The Morgan fingerprint density at radius 1 is 1.20 bits per heavy atom. The van der Waals surface area contributed by atoms with Gasteiger partial charge < -0.3 is 4.74 Å². The van der Waals surface area contributed by atoms with E-state index >= 15 is 0 Å². The van der Waals surface area contributed by atoms with Crippen molar-refractivity contribution in [3.8, 4) is 5.75 Å². The average Bonchev–Trinajstić information content (AvgIpc) is 2.93. The van der Waals surface area contributed by atoms with E-state index in [0.717, 1.165) is 40.3 Å². The monoisotopic (exact) mass is 306 g/mol. The predicted octanol–water partition coefficient (Wildman–Crippen LogP) is 5.17. The van der Waals surface area contributed by atoms with E-state index in [4.69, 9.17) is 27.9 Å². The van der Waals surface area contributed by atoms with Crippen molar-refractivity contribution in [2.24, 2.45) is 0 Å². The molecular weight excluding hydrogens is 291 g/mol. The van der Waals surface area contributed by atoms with Gasteiger partial charge in [-0.15, -0.1) is 11.6 Å². The van der Waals surface area contributed by atoms with Crippen LogP contribution in [0.4, 0.5) is 0 Å². The molecule has 3 rings (SSSR count). The van der Waals surface area contributed by atoms with Crippen molar-refractivity contribution >= 4 is 23.2 Å². The predicted molar refractivity (Wildman–Crippen MR) is 84.2 cm³/mol. The summed E-state index contributed by atoms with van der Waals surface area (Å²) in [5.41, 5.74) is 4.54. The molecule has 1 unspecified atom stereocenters. The Morgan fingerprint density at radius 2 is 2.00 bits per heavy atom. The standard InChI is InChI=1S/C17H16Cl2O/c1-2-11-5-3-4-6-14(11)16(19)15-10-13(18)9-12-7-8-20-17(12)15/h3-6,9-10,16H,2,7-8H2,1H3. The van der Waals surface area contributed by atoms with E-state index in [1.54, 1.807) is 0 Å². The largest absolute Gasteiger partial charge is 0.493 e. The van der Waals surface area contributed by atoms with Gasteiger partial charge in [0.15, 0.2) is 0 Å². The maximum atomic E-state index is 6.73. The van der Waals surface area contributed by atoms with E-state index in [1.165, 1.54) is 5.56 Å². The molecule has 0 aliphatic carbocycles. The fourth-order valence-corrected chi connectivity index (χ4v) is 3.38. The maximum absolute atomic E-state index is 6.73. The van der Waals surface area contributed by atoms with Crippen LogP contribution in [-0.2, 0) is 12.8 Å². The Bertz CT molecular complexity index is 637. The fourth-order valence-electron chi connectivity index (χ4n) is 2.76. The number of halogens is 2. The van der Waals surface area contributed by atoms with Crippen LogP contribution in [0.3, 0.4) is 0 Å². The van der Waals surface area contributed by atoms with Crippen LogP contribution in [0.25, 0.3) is 0 Å². The molecule has 1 heterocycles. The van der Waals surface area contributed by atoms with E-state index in [1.807, 2.05) is 24.3 Å². The van der Waals surface area contributed by atoms with Crippen LogP contribution in [-0.4, -0.2) is 6.61 Å². The first-order valence-electron chi connectivity index (χ1n) is 6.87. The molecule has 2 aromatic carbocycles. The summed E-state index contributed by atoms with van der Waals surface area (Å²) in [7, 11) is 0. The van der Waals surface area contributed by atoms with Gasteiger partial charge >= 0.3 is 0 Å². The van der Waals surface area contributed by atoms with Crippen LogP contribution in [0.15, 0.2) is 36.4 Å². The second-order valence-corrected chi connectivity index (χ2v) is 5.87. The summed E-state index contributed by atoms with van der Waals surface area (Å²) in [6.45, 7) is 2.85. The van der Waals surface area contributed by atoms with Gasteiger partial charge in [-0.05, 0) is 35.2 Å². The minimum Gasteiger partial charge on any atom is -0.493 e. The lowest BCUT2D eigenvalue weighted by Crippen LogP contribution is -2.01. The highest BCUT2D eigenvalue weighted by molar-refractivity contribution is 6.31. The molecule has 2 aromatic rings. The fraction of sp³-hybridized carbons (Fsp3) is 0.294. The molecule has 0 N–H and O–H groups in total. The Hall–Kier alpha value is -1.18. The van der Waals surface area contributed by atoms with Gasteiger partial charge in [0.2, 0.25) is 0 Å². The number of aryl methyl sites for hydroxylation is 1. The topological polar surface area (TPSA) is 9.23 Å². The third kappa shape index (κ3) is 2.41. The van der Waals surface area contributed by atoms with Crippen LogP contribution >= 0.6 is 23.2 Å². The molecular formula is C17H16Cl2O. The molecule has 0 amide bonds. The zero-order valence-electron chi connectivity index (χ0n) is 11.3. The lowest BCUT2D eigenvalue weighted by molar-refractivity contribution is 0.353. The van der Waals surface area contributed by atoms with Crippen LogP contribution < -0.4 is 4.74 Å². The minimum atomic E-state index is -0.225. The molecule has 0 radical (unpaired) electrons. The summed E-state index contributed by atoms with van der Waals surface area (Å²) in [6, 6.07) is 12.2. The van der Waals surface area contributed by atoms with Gasteiger partial charge in [0.1, 0.15) is 5.75 Å². The van der Waals surface area contributed by atoms with Crippen molar-refractivity contribution in [2.75, 3.05) is 6.61 Å². The van der Waals surface area contributed by atoms with Crippen molar-refractivity contribution in [3.05, 3.63) is 63.7 Å². The molecule has 1 atom stereocenters. The number of hydrogen-bond acceptors (Lipinski definition) is 1. The van der Waals surface area contributed by atoms with Crippen LogP contribution in [0, 0.1) is 0 Å². The Morgan fingerprint density at radius 3 is 2.80 bits per heavy atom. The number of ether oxygens (including phenoxy) is 1. The van der Waals surface area contributed by atoms with Crippen LogP contribution in [0.1, 0.15) is 34.6 Å².